The van der Waals surface area contributed by atoms with Crippen LogP contribution in [0.3, 0.4) is 0 Å². The molecule has 2 aliphatic rings. The molecule has 1 aliphatic heterocycles. The Labute approximate surface area is 240 Å². The summed E-state index contributed by atoms with van der Waals surface area (Å²) in [5.74, 6) is -0.548. The number of benzene rings is 1. The second kappa shape index (κ2) is 10.5. The molecule has 1 amide bonds. The van der Waals surface area contributed by atoms with Crippen LogP contribution in [0.1, 0.15) is 64.5 Å². The Balaban J connectivity index is 1.20. The number of hydrogen-bond donors (Lipinski definition) is 4. The van der Waals surface area contributed by atoms with E-state index in [2.05, 4.69) is 37.8 Å². The van der Waals surface area contributed by atoms with Gasteiger partial charge in [0.2, 0.25) is 0 Å². The van der Waals surface area contributed by atoms with Gasteiger partial charge in [-0.15, -0.1) is 11.3 Å². The number of fused-ring (bicyclic) bond motifs is 1. The number of aromatic nitrogens is 3. The second-order valence-corrected chi connectivity index (χ2v) is 12.6. The molecule has 11 heteroatoms. The molecule has 4 N–H and O–H groups in total. The molecule has 1 aliphatic carbocycles. The Morgan fingerprint density at radius 2 is 2.02 bits per heavy atom. The molecule has 212 valence electrons. The molecule has 4 aromatic rings. The number of aliphatic hydroxyl groups is 1. The topological polar surface area (TPSA) is 123 Å². The van der Waals surface area contributed by atoms with E-state index >= 15 is 0 Å². The molecule has 1 saturated heterocycles. The number of anilines is 3. The number of H-pyrrole nitrogens is 1. The molecule has 3 aromatic heterocycles. The van der Waals surface area contributed by atoms with Crippen molar-refractivity contribution in [3.63, 3.8) is 0 Å². The molecule has 2 atom stereocenters. The van der Waals surface area contributed by atoms with Crippen LogP contribution in [0.5, 0.6) is 0 Å². The van der Waals surface area contributed by atoms with Gasteiger partial charge in [-0.2, -0.15) is 5.10 Å². The van der Waals surface area contributed by atoms with Gasteiger partial charge in [0.15, 0.2) is 0 Å². The summed E-state index contributed by atoms with van der Waals surface area (Å²) in [5.41, 5.74) is 2.28. The first-order valence-corrected chi connectivity index (χ1v) is 14.4. The number of aliphatic hydroxyl groups excluding tert-OH is 1. The highest BCUT2D eigenvalue weighted by Gasteiger charge is 2.40. The van der Waals surface area contributed by atoms with Crippen LogP contribution in [0.25, 0.3) is 11.3 Å². The molecular weight excluding hydrogens is 543 g/mol. The summed E-state index contributed by atoms with van der Waals surface area (Å²) in [5, 5.41) is 22.9. The Morgan fingerprint density at radius 1 is 1.20 bits per heavy atom. The van der Waals surface area contributed by atoms with Crippen molar-refractivity contribution in [1.29, 1.82) is 0 Å². The van der Waals surface area contributed by atoms with Gasteiger partial charge in [-0.25, -0.2) is 14.5 Å². The van der Waals surface area contributed by atoms with Gasteiger partial charge < -0.3 is 15.7 Å². The van der Waals surface area contributed by atoms with E-state index in [1.54, 1.807) is 12.1 Å². The summed E-state index contributed by atoms with van der Waals surface area (Å²) in [7, 11) is 2.10. The number of nitrogens with one attached hydrogen (secondary N) is 3. The number of likely N-dealkylation sites (tertiary alicyclic amines) is 1. The first kappa shape index (κ1) is 27.3. The predicted octanol–water partition coefficient (Wildman–Crippen LogP) is 5.41. The number of amides is 1. The molecule has 41 heavy (non-hydrogen) atoms. The third kappa shape index (κ3) is 5.28. The molecule has 4 heterocycles. The monoisotopic (exact) mass is 574 g/mol. The first-order chi connectivity index (χ1) is 19.6. The van der Waals surface area contributed by atoms with Gasteiger partial charge in [-0.05, 0) is 85.8 Å². The number of nitrogens with zero attached hydrogens (tertiary/aromatic N) is 3. The number of aromatic amines is 1. The fourth-order valence-electron chi connectivity index (χ4n) is 5.61. The molecule has 0 spiro atoms. The second-order valence-electron chi connectivity index (χ2n) is 11.4. The number of pyridine rings is 1. The van der Waals surface area contributed by atoms with Gasteiger partial charge in [-0.1, -0.05) is 19.9 Å². The SMILES string of the molecule is CN1CCC[C@@H]1c1ccc(Nc2cc(-c3ccc(F)c(NC(=O)c4cc5c(s4)CC(C)(C)[C@@H]5O)c3)n[nH]c2=O)nc1. The van der Waals surface area contributed by atoms with E-state index in [0.717, 1.165) is 35.4 Å². The third-order valence-corrected chi connectivity index (χ3v) is 9.13. The standard InChI is InChI=1S/C30H31FN6O3S/c1-30(2)14-25-18(27(30)38)12-24(41-25)29(40)34-21-11-16(6-8-19(21)31)20-13-22(28(39)36-35-20)33-26-9-7-17(15-32-26)23-5-4-10-37(23)3/h6-9,11-13,15,23,27,38H,4-5,10,14H2,1-3H3,(H,34,40)(H,36,39)(H,32,33,35)/t23-,27-/m1/s1. The van der Waals surface area contributed by atoms with Crippen molar-refractivity contribution in [3.05, 3.63) is 85.7 Å². The number of carbonyl (C=O) groups is 1. The van der Waals surface area contributed by atoms with Gasteiger partial charge in [0.05, 0.1) is 22.4 Å². The molecule has 6 rings (SSSR count). The fraction of sp³-hybridized carbons (Fsp3) is 0.333. The van der Waals surface area contributed by atoms with Gasteiger partial charge in [0.1, 0.15) is 17.3 Å². The van der Waals surface area contributed by atoms with Crippen LogP contribution in [0.15, 0.2) is 53.5 Å². The van der Waals surface area contributed by atoms with Crippen LogP contribution in [0.2, 0.25) is 0 Å². The Morgan fingerprint density at radius 3 is 2.73 bits per heavy atom. The number of halogens is 1. The van der Waals surface area contributed by atoms with Crippen molar-refractivity contribution in [1.82, 2.24) is 20.1 Å². The van der Waals surface area contributed by atoms with Gasteiger partial charge >= 0.3 is 0 Å². The zero-order valence-electron chi connectivity index (χ0n) is 23.0. The fourth-order valence-corrected chi connectivity index (χ4v) is 6.94. The normalized spacial score (nSPS) is 19.7. The van der Waals surface area contributed by atoms with Crippen molar-refractivity contribution < 1.29 is 14.3 Å². The van der Waals surface area contributed by atoms with Crippen LogP contribution < -0.4 is 16.2 Å². The van der Waals surface area contributed by atoms with Crippen LogP contribution in [-0.2, 0) is 6.42 Å². The minimum Gasteiger partial charge on any atom is -0.388 e. The zero-order valence-corrected chi connectivity index (χ0v) is 23.8. The summed E-state index contributed by atoms with van der Waals surface area (Å²) in [6.45, 7) is 5.03. The highest BCUT2D eigenvalue weighted by molar-refractivity contribution is 7.14. The highest BCUT2D eigenvalue weighted by Crippen LogP contribution is 2.48. The van der Waals surface area contributed by atoms with Crippen molar-refractivity contribution in [2.24, 2.45) is 5.41 Å². The molecule has 0 unspecified atom stereocenters. The Hall–Kier alpha value is -3.93. The minimum absolute atomic E-state index is 0.0152. The van der Waals surface area contributed by atoms with Crippen LogP contribution in [0.4, 0.5) is 21.6 Å². The molecular formula is C30H31FN6O3S. The van der Waals surface area contributed by atoms with Crippen LogP contribution in [-0.4, -0.2) is 44.7 Å². The average molecular weight is 575 g/mol. The zero-order chi connectivity index (χ0) is 28.9. The summed E-state index contributed by atoms with van der Waals surface area (Å²) >= 11 is 1.31. The van der Waals surface area contributed by atoms with E-state index in [-0.39, 0.29) is 16.8 Å². The van der Waals surface area contributed by atoms with Crippen LogP contribution in [0, 0.1) is 11.2 Å². The summed E-state index contributed by atoms with van der Waals surface area (Å²) < 4.78 is 14.7. The first-order valence-electron chi connectivity index (χ1n) is 13.5. The van der Waals surface area contributed by atoms with E-state index in [1.165, 1.54) is 29.5 Å². The third-order valence-electron chi connectivity index (χ3n) is 7.98. The molecule has 1 aromatic carbocycles. The minimum atomic E-state index is -0.647. The Kier molecular flexibility index (Phi) is 6.96. The maximum Gasteiger partial charge on any atom is 0.287 e. The van der Waals surface area contributed by atoms with E-state index in [1.807, 2.05) is 32.2 Å². The lowest BCUT2D eigenvalue weighted by molar-refractivity contribution is 0.0665. The summed E-state index contributed by atoms with van der Waals surface area (Å²) in [6, 6.07) is 11.7. The number of carbonyl (C=O) groups excluding carboxylic acids is 1. The van der Waals surface area contributed by atoms with E-state index in [4.69, 9.17) is 0 Å². The van der Waals surface area contributed by atoms with Crippen molar-refractivity contribution in [3.8, 4) is 11.3 Å². The van der Waals surface area contributed by atoms with Crippen molar-refractivity contribution in [2.45, 2.75) is 45.3 Å². The van der Waals surface area contributed by atoms with E-state index < -0.39 is 23.4 Å². The summed E-state index contributed by atoms with van der Waals surface area (Å²) in [6.07, 6.45) is 4.10. The number of rotatable bonds is 6. The van der Waals surface area contributed by atoms with Crippen LogP contribution >= 0.6 is 11.3 Å². The highest BCUT2D eigenvalue weighted by atomic mass is 32.1. The maximum absolute atomic E-state index is 14.7. The number of thiophene rings is 1. The molecule has 0 radical (unpaired) electrons. The predicted molar refractivity (Wildman–Crippen MR) is 157 cm³/mol. The largest absolute Gasteiger partial charge is 0.388 e. The lowest BCUT2D eigenvalue weighted by atomic mass is 9.88. The van der Waals surface area contributed by atoms with Gasteiger partial charge in [0, 0.05) is 22.7 Å². The quantitative estimate of drug-likeness (QED) is 0.243. The van der Waals surface area contributed by atoms with E-state index in [0.29, 0.717) is 34.4 Å². The van der Waals surface area contributed by atoms with Gasteiger partial charge in [-0.3, -0.25) is 14.5 Å². The molecule has 9 nitrogen and oxygen atoms in total. The van der Waals surface area contributed by atoms with E-state index in [9.17, 15) is 19.1 Å². The molecule has 0 saturated carbocycles. The van der Waals surface area contributed by atoms with Gasteiger partial charge in [0.25, 0.3) is 11.5 Å². The molecule has 1 fully saturated rings. The van der Waals surface area contributed by atoms with Crippen molar-refractivity contribution >= 4 is 34.4 Å². The average Bonchev–Trinajstić information content (AvgIpc) is 3.62. The lowest BCUT2D eigenvalue weighted by Gasteiger charge is -2.22. The lowest BCUT2D eigenvalue weighted by Crippen LogP contribution is -2.18. The smallest absolute Gasteiger partial charge is 0.287 e. The maximum atomic E-state index is 14.7. The summed E-state index contributed by atoms with van der Waals surface area (Å²) in [4.78, 5) is 33.7. The Bertz CT molecular complexity index is 1680. The molecule has 0 bridgehead atoms. The number of hydrogen-bond acceptors (Lipinski definition) is 8. The van der Waals surface area contributed by atoms with Crippen molar-refractivity contribution in [2.75, 3.05) is 24.2 Å².